The van der Waals surface area contributed by atoms with Crippen molar-refractivity contribution in [3.8, 4) is 11.5 Å². The van der Waals surface area contributed by atoms with Crippen LogP contribution in [-0.2, 0) is 5.75 Å². The van der Waals surface area contributed by atoms with Gasteiger partial charge in [0.1, 0.15) is 0 Å². The van der Waals surface area contributed by atoms with E-state index in [4.69, 9.17) is 14.6 Å². The van der Waals surface area contributed by atoms with Crippen LogP contribution in [0, 0.1) is 10.1 Å². The standard InChI is InChI=1S/C16H15NO6S/c1-22-13-5-3-4-11(15(13)23-2)9-24-14-7-6-10(16(18)19)8-12(14)17(20)21/h3-8H,9H2,1-2H3,(H,18,19). The number of ether oxygens (including phenoxy) is 2. The van der Waals surface area contributed by atoms with Crippen LogP contribution in [0.1, 0.15) is 15.9 Å². The second-order valence-corrected chi connectivity index (χ2v) is 5.70. The molecule has 7 nitrogen and oxygen atoms in total. The molecule has 2 rings (SSSR count). The summed E-state index contributed by atoms with van der Waals surface area (Å²) in [7, 11) is 3.06. The molecule has 0 aliphatic heterocycles. The average Bonchev–Trinajstić information content (AvgIpc) is 2.58. The van der Waals surface area contributed by atoms with Crippen LogP contribution in [-0.4, -0.2) is 30.2 Å². The van der Waals surface area contributed by atoms with Gasteiger partial charge in [-0.25, -0.2) is 4.79 Å². The van der Waals surface area contributed by atoms with Crippen LogP contribution in [0.2, 0.25) is 0 Å². The Morgan fingerprint density at radius 2 is 2.00 bits per heavy atom. The lowest BCUT2D eigenvalue weighted by Crippen LogP contribution is -1.99. The van der Waals surface area contributed by atoms with Crippen molar-refractivity contribution in [1.29, 1.82) is 0 Å². The van der Waals surface area contributed by atoms with Gasteiger partial charge >= 0.3 is 5.97 Å². The van der Waals surface area contributed by atoms with Crippen LogP contribution in [0.15, 0.2) is 41.3 Å². The van der Waals surface area contributed by atoms with Gasteiger partial charge in [0.2, 0.25) is 0 Å². The van der Waals surface area contributed by atoms with Gasteiger partial charge in [-0.15, -0.1) is 11.8 Å². The normalized spacial score (nSPS) is 10.2. The Morgan fingerprint density at radius 3 is 2.58 bits per heavy atom. The maximum atomic E-state index is 11.2. The highest BCUT2D eigenvalue weighted by Gasteiger charge is 2.18. The van der Waals surface area contributed by atoms with Crippen LogP contribution >= 0.6 is 11.8 Å². The number of carboxylic acid groups (broad SMARTS) is 1. The molecular formula is C16H15NO6S. The molecule has 0 atom stereocenters. The maximum absolute atomic E-state index is 11.2. The second kappa shape index (κ2) is 7.69. The Kier molecular flexibility index (Phi) is 5.64. The van der Waals surface area contributed by atoms with Crippen molar-refractivity contribution >= 4 is 23.4 Å². The van der Waals surface area contributed by atoms with Crippen molar-refractivity contribution in [2.75, 3.05) is 14.2 Å². The Morgan fingerprint density at radius 1 is 1.25 bits per heavy atom. The quantitative estimate of drug-likeness (QED) is 0.463. The van der Waals surface area contributed by atoms with Crippen molar-refractivity contribution in [3.63, 3.8) is 0 Å². The number of nitro groups is 1. The number of para-hydroxylation sites is 1. The molecule has 0 spiro atoms. The first kappa shape index (κ1) is 17.6. The molecule has 126 valence electrons. The van der Waals surface area contributed by atoms with Gasteiger partial charge in [-0.1, -0.05) is 12.1 Å². The van der Waals surface area contributed by atoms with Gasteiger partial charge in [-0.3, -0.25) is 10.1 Å². The summed E-state index contributed by atoms with van der Waals surface area (Å²) in [4.78, 5) is 21.9. The number of methoxy groups -OCH3 is 2. The fraction of sp³-hybridized carbons (Fsp3) is 0.188. The Bertz CT molecular complexity index is 777. The summed E-state index contributed by atoms with van der Waals surface area (Å²) < 4.78 is 10.6. The number of thioether (sulfide) groups is 1. The smallest absolute Gasteiger partial charge is 0.335 e. The van der Waals surface area contributed by atoms with Gasteiger partial charge < -0.3 is 14.6 Å². The molecule has 24 heavy (non-hydrogen) atoms. The third-order valence-corrected chi connectivity index (χ3v) is 4.38. The van der Waals surface area contributed by atoms with Gasteiger partial charge in [0.05, 0.1) is 29.6 Å². The lowest BCUT2D eigenvalue weighted by Gasteiger charge is -2.12. The van der Waals surface area contributed by atoms with Gasteiger partial charge in [-0.2, -0.15) is 0 Å². The molecule has 0 aromatic heterocycles. The van der Waals surface area contributed by atoms with E-state index in [0.717, 1.165) is 11.6 Å². The van der Waals surface area contributed by atoms with E-state index in [2.05, 4.69) is 0 Å². The van der Waals surface area contributed by atoms with E-state index in [9.17, 15) is 14.9 Å². The largest absolute Gasteiger partial charge is 0.493 e. The third-order valence-electron chi connectivity index (χ3n) is 3.27. The summed E-state index contributed by atoms with van der Waals surface area (Å²) in [6, 6.07) is 9.26. The predicted octanol–water partition coefficient (Wildman–Crippen LogP) is 3.60. The summed E-state index contributed by atoms with van der Waals surface area (Å²) in [5, 5.41) is 20.1. The van der Waals surface area contributed by atoms with Crippen LogP contribution in [0.4, 0.5) is 5.69 Å². The monoisotopic (exact) mass is 349 g/mol. The molecule has 0 heterocycles. The minimum absolute atomic E-state index is 0.120. The van der Waals surface area contributed by atoms with Gasteiger partial charge in [0, 0.05) is 17.4 Å². The number of nitro benzene ring substituents is 1. The van der Waals surface area contributed by atoms with Crippen LogP contribution in [0.5, 0.6) is 11.5 Å². The molecule has 0 aliphatic carbocycles. The third kappa shape index (κ3) is 3.77. The molecule has 8 heteroatoms. The first-order valence-corrected chi connectivity index (χ1v) is 7.81. The number of nitrogens with zero attached hydrogens (tertiary/aromatic N) is 1. The summed E-state index contributed by atoms with van der Waals surface area (Å²) >= 11 is 1.23. The average molecular weight is 349 g/mol. The highest BCUT2D eigenvalue weighted by Crippen LogP contribution is 2.37. The van der Waals surface area contributed by atoms with Crippen molar-refractivity contribution < 1.29 is 24.3 Å². The maximum Gasteiger partial charge on any atom is 0.335 e. The second-order valence-electron chi connectivity index (χ2n) is 4.69. The first-order chi connectivity index (χ1) is 11.5. The highest BCUT2D eigenvalue weighted by atomic mass is 32.2. The van der Waals surface area contributed by atoms with E-state index in [1.807, 2.05) is 6.07 Å². The lowest BCUT2D eigenvalue weighted by atomic mass is 10.2. The van der Waals surface area contributed by atoms with E-state index >= 15 is 0 Å². The molecule has 0 fully saturated rings. The number of carboxylic acids is 1. The molecule has 0 saturated carbocycles. The fourth-order valence-electron chi connectivity index (χ4n) is 2.14. The Balaban J connectivity index is 2.30. The molecule has 2 aromatic carbocycles. The van der Waals surface area contributed by atoms with Crippen molar-refractivity contribution in [3.05, 3.63) is 57.6 Å². The van der Waals surface area contributed by atoms with Crippen molar-refractivity contribution in [1.82, 2.24) is 0 Å². The number of aromatic carboxylic acids is 1. The zero-order chi connectivity index (χ0) is 17.7. The SMILES string of the molecule is COc1cccc(CSc2ccc(C(=O)O)cc2[N+](=O)[O-])c1OC. The molecule has 0 amide bonds. The number of hydrogen-bond donors (Lipinski definition) is 1. The lowest BCUT2D eigenvalue weighted by molar-refractivity contribution is -0.387. The molecule has 0 bridgehead atoms. The molecule has 2 aromatic rings. The van der Waals surface area contributed by atoms with Gasteiger partial charge in [0.15, 0.2) is 11.5 Å². The highest BCUT2D eigenvalue weighted by molar-refractivity contribution is 7.98. The number of hydrogen-bond acceptors (Lipinski definition) is 6. The van der Waals surface area contributed by atoms with E-state index < -0.39 is 10.9 Å². The summed E-state index contributed by atoms with van der Waals surface area (Å²) in [6.45, 7) is 0. The molecule has 1 N–H and O–H groups in total. The zero-order valence-corrected chi connectivity index (χ0v) is 13.8. The summed E-state index contributed by atoms with van der Waals surface area (Å²) in [6.07, 6.45) is 0. The Hall–Kier alpha value is -2.74. The van der Waals surface area contributed by atoms with Crippen LogP contribution in [0.3, 0.4) is 0 Å². The topological polar surface area (TPSA) is 98.9 Å². The summed E-state index contributed by atoms with van der Waals surface area (Å²) in [5.74, 6) is 0.348. The predicted molar refractivity (Wildman–Crippen MR) is 89.2 cm³/mol. The Labute approximate surface area is 142 Å². The van der Waals surface area contributed by atoms with E-state index in [0.29, 0.717) is 22.1 Å². The molecule has 0 radical (unpaired) electrons. The molecular weight excluding hydrogens is 334 g/mol. The first-order valence-electron chi connectivity index (χ1n) is 6.82. The van der Waals surface area contributed by atoms with E-state index in [-0.39, 0.29) is 11.3 Å². The van der Waals surface area contributed by atoms with Crippen molar-refractivity contribution in [2.45, 2.75) is 10.6 Å². The zero-order valence-electron chi connectivity index (χ0n) is 13.0. The molecule has 0 saturated heterocycles. The minimum Gasteiger partial charge on any atom is -0.493 e. The number of benzene rings is 2. The molecule has 0 unspecified atom stereocenters. The van der Waals surface area contributed by atoms with Crippen LogP contribution < -0.4 is 9.47 Å². The minimum atomic E-state index is -1.20. The number of carbonyl (C=O) groups is 1. The van der Waals surface area contributed by atoms with E-state index in [1.165, 1.54) is 38.1 Å². The van der Waals surface area contributed by atoms with Gasteiger partial charge in [0.25, 0.3) is 5.69 Å². The number of rotatable bonds is 7. The summed E-state index contributed by atoms with van der Waals surface area (Å²) in [5.41, 5.74) is 0.463. The van der Waals surface area contributed by atoms with Crippen LogP contribution in [0.25, 0.3) is 0 Å². The van der Waals surface area contributed by atoms with Crippen molar-refractivity contribution in [2.24, 2.45) is 0 Å². The fourth-order valence-corrected chi connectivity index (χ4v) is 3.12. The van der Waals surface area contributed by atoms with E-state index in [1.54, 1.807) is 12.1 Å². The molecule has 0 aliphatic rings. The van der Waals surface area contributed by atoms with Gasteiger partial charge in [-0.05, 0) is 18.2 Å².